The second kappa shape index (κ2) is 7.33. The molecule has 0 saturated carbocycles. The number of tetrazole rings is 1. The molecule has 0 saturated heterocycles. The van der Waals surface area contributed by atoms with Crippen molar-refractivity contribution in [1.82, 2.24) is 25.5 Å². The molecule has 5 nitrogen and oxygen atoms in total. The van der Waals surface area contributed by atoms with Crippen molar-refractivity contribution in [3.63, 3.8) is 0 Å². The average molecular weight is 366 g/mol. The third kappa shape index (κ3) is 3.93. The predicted octanol–water partition coefficient (Wildman–Crippen LogP) is 3.67. The van der Waals surface area contributed by atoms with E-state index >= 15 is 0 Å². The number of rotatable bonds is 6. The highest BCUT2D eigenvalue weighted by atomic mass is 79.9. The molecule has 6 heteroatoms. The molecule has 120 valence electrons. The summed E-state index contributed by atoms with van der Waals surface area (Å²) in [5, 5.41) is 16.0. The number of halogens is 1. The fourth-order valence-corrected chi connectivity index (χ4v) is 2.84. The van der Waals surface area contributed by atoms with Crippen molar-refractivity contribution in [2.45, 2.75) is 52.1 Å². The Balaban J connectivity index is 2.41. The lowest BCUT2D eigenvalue weighted by Gasteiger charge is -2.25. The number of aromatic nitrogens is 4. The average Bonchev–Trinajstić information content (AvgIpc) is 2.94. The van der Waals surface area contributed by atoms with Gasteiger partial charge in [0.25, 0.3) is 0 Å². The number of unbranched alkanes of at least 4 members (excludes halogenated alkanes) is 1. The summed E-state index contributed by atoms with van der Waals surface area (Å²) < 4.78 is 2.96. The van der Waals surface area contributed by atoms with E-state index in [9.17, 15) is 0 Å². The summed E-state index contributed by atoms with van der Waals surface area (Å²) in [6.45, 7) is 9.44. The fraction of sp³-hybridized carbons (Fsp3) is 0.562. The van der Waals surface area contributed by atoms with Gasteiger partial charge in [0, 0.05) is 4.47 Å². The van der Waals surface area contributed by atoms with Crippen molar-refractivity contribution in [2.75, 3.05) is 6.54 Å². The Bertz CT molecular complexity index is 603. The molecule has 1 heterocycles. The molecule has 1 aromatic heterocycles. The van der Waals surface area contributed by atoms with Gasteiger partial charge in [0.2, 0.25) is 0 Å². The fourth-order valence-electron chi connectivity index (χ4n) is 2.32. The van der Waals surface area contributed by atoms with E-state index in [0.717, 1.165) is 35.2 Å². The Labute approximate surface area is 140 Å². The first-order chi connectivity index (χ1) is 10.4. The third-order valence-electron chi connectivity index (χ3n) is 3.48. The van der Waals surface area contributed by atoms with E-state index in [1.165, 1.54) is 0 Å². The van der Waals surface area contributed by atoms with Crippen LogP contribution in [0.15, 0.2) is 28.7 Å². The van der Waals surface area contributed by atoms with E-state index in [1.54, 1.807) is 0 Å². The molecule has 0 bridgehead atoms. The number of hydrogen-bond donors (Lipinski definition) is 1. The van der Waals surface area contributed by atoms with Crippen LogP contribution in [-0.4, -0.2) is 26.8 Å². The van der Waals surface area contributed by atoms with E-state index in [0.29, 0.717) is 0 Å². The van der Waals surface area contributed by atoms with Crippen LogP contribution < -0.4 is 5.32 Å². The van der Waals surface area contributed by atoms with E-state index in [-0.39, 0.29) is 11.6 Å². The number of nitrogens with zero attached hydrogens (tertiary/aromatic N) is 4. The lowest BCUT2D eigenvalue weighted by molar-refractivity contribution is 0.325. The number of nitrogens with one attached hydrogen (secondary N) is 1. The number of benzene rings is 1. The molecule has 22 heavy (non-hydrogen) atoms. The minimum Gasteiger partial charge on any atom is -0.304 e. The van der Waals surface area contributed by atoms with Crippen LogP contribution >= 0.6 is 15.9 Å². The number of hydrogen-bond acceptors (Lipinski definition) is 4. The van der Waals surface area contributed by atoms with Gasteiger partial charge in [-0.25, -0.2) is 4.68 Å². The summed E-state index contributed by atoms with van der Waals surface area (Å²) in [5.74, 6) is 0.843. The normalized spacial score (nSPS) is 13.3. The van der Waals surface area contributed by atoms with Gasteiger partial charge in [-0.05, 0) is 55.8 Å². The topological polar surface area (TPSA) is 55.6 Å². The smallest absolute Gasteiger partial charge is 0.173 e. The monoisotopic (exact) mass is 365 g/mol. The van der Waals surface area contributed by atoms with Gasteiger partial charge >= 0.3 is 0 Å². The SMILES string of the molecule is CCCCNC(c1ccccc1Br)c1nnnn1C(C)(C)C. The van der Waals surface area contributed by atoms with Crippen molar-refractivity contribution >= 4 is 15.9 Å². The van der Waals surface area contributed by atoms with Gasteiger partial charge < -0.3 is 5.32 Å². The second-order valence-corrected chi connectivity index (χ2v) is 7.24. The molecule has 0 spiro atoms. The van der Waals surface area contributed by atoms with Gasteiger partial charge in [-0.15, -0.1) is 5.10 Å². The molecule has 1 atom stereocenters. The highest BCUT2D eigenvalue weighted by molar-refractivity contribution is 9.10. The summed E-state index contributed by atoms with van der Waals surface area (Å²) in [6.07, 6.45) is 2.28. The van der Waals surface area contributed by atoms with Crippen molar-refractivity contribution < 1.29 is 0 Å². The summed E-state index contributed by atoms with van der Waals surface area (Å²) >= 11 is 3.65. The summed E-state index contributed by atoms with van der Waals surface area (Å²) in [4.78, 5) is 0. The lowest BCUT2D eigenvalue weighted by Crippen LogP contribution is -2.32. The molecule has 0 fully saturated rings. The minimum absolute atomic E-state index is 0.0312. The standard InChI is InChI=1S/C16H24BrN5/c1-5-6-11-18-14(12-9-7-8-10-13(12)17)15-19-20-21-22(15)16(2,3)4/h7-10,14,18H,5-6,11H2,1-4H3. The van der Waals surface area contributed by atoms with Gasteiger partial charge in [-0.1, -0.05) is 47.5 Å². The highest BCUT2D eigenvalue weighted by Gasteiger charge is 2.27. The maximum absolute atomic E-state index is 4.30. The second-order valence-electron chi connectivity index (χ2n) is 6.38. The van der Waals surface area contributed by atoms with Crippen LogP contribution in [-0.2, 0) is 5.54 Å². The van der Waals surface area contributed by atoms with E-state index in [4.69, 9.17) is 0 Å². The Hall–Kier alpha value is -1.27. The summed E-state index contributed by atoms with van der Waals surface area (Å²) in [7, 11) is 0. The van der Waals surface area contributed by atoms with Crippen molar-refractivity contribution in [3.05, 3.63) is 40.1 Å². The Morgan fingerprint density at radius 2 is 2.00 bits per heavy atom. The molecule has 0 aliphatic carbocycles. The van der Waals surface area contributed by atoms with Crippen LogP contribution in [0.1, 0.15) is 58.0 Å². The van der Waals surface area contributed by atoms with Gasteiger partial charge in [-0.2, -0.15) is 0 Å². The molecule has 0 aliphatic heterocycles. The highest BCUT2D eigenvalue weighted by Crippen LogP contribution is 2.29. The third-order valence-corrected chi connectivity index (χ3v) is 4.20. The zero-order chi connectivity index (χ0) is 16.2. The summed E-state index contributed by atoms with van der Waals surface area (Å²) in [6, 6.07) is 8.18. The van der Waals surface area contributed by atoms with Gasteiger partial charge in [0.05, 0.1) is 11.6 Å². The predicted molar refractivity (Wildman–Crippen MR) is 91.7 cm³/mol. The van der Waals surface area contributed by atoms with E-state index in [1.807, 2.05) is 16.8 Å². The molecule has 0 amide bonds. The van der Waals surface area contributed by atoms with Crippen LogP contribution in [0.2, 0.25) is 0 Å². The van der Waals surface area contributed by atoms with Crippen molar-refractivity contribution in [3.8, 4) is 0 Å². The maximum Gasteiger partial charge on any atom is 0.173 e. The largest absolute Gasteiger partial charge is 0.304 e. The van der Waals surface area contributed by atoms with Crippen LogP contribution in [0, 0.1) is 0 Å². The quantitative estimate of drug-likeness (QED) is 0.793. The molecular weight excluding hydrogens is 342 g/mol. The first-order valence-electron chi connectivity index (χ1n) is 7.71. The zero-order valence-electron chi connectivity index (χ0n) is 13.7. The molecule has 2 rings (SSSR count). The first-order valence-corrected chi connectivity index (χ1v) is 8.51. The van der Waals surface area contributed by atoms with Crippen molar-refractivity contribution in [1.29, 1.82) is 0 Å². The van der Waals surface area contributed by atoms with Crippen LogP contribution in [0.25, 0.3) is 0 Å². The van der Waals surface area contributed by atoms with Crippen LogP contribution in [0.3, 0.4) is 0 Å². The van der Waals surface area contributed by atoms with Gasteiger partial charge in [0.1, 0.15) is 0 Å². The minimum atomic E-state index is -0.162. The molecule has 0 aliphatic rings. The maximum atomic E-state index is 4.30. The first kappa shape index (κ1) is 17.1. The van der Waals surface area contributed by atoms with Gasteiger partial charge in [0.15, 0.2) is 5.82 Å². The summed E-state index contributed by atoms with van der Waals surface area (Å²) in [5.41, 5.74) is 0.990. The Morgan fingerprint density at radius 1 is 1.27 bits per heavy atom. The van der Waals surface area contributed by atoms with E-state index in [2.05, 4.69) is 76.6 Å². The molecule has 1 unspecified atom stereocenters. The molecule has 0 radical (unpaired) electrons. The molecular formula is C16H24BrN5. The molecule has 2 aromatic rings. The molecule has 1 N–H and O–H groups in total. The zero-order valence-corrected chi connectivity index (χ0v) is 15.3. The lowest BCUT2D eigenvalue weighted by atomic mass is 10.0. The van der Waals surface area contributed by atoms with Crippen molar-refractivity contribution in [2.24, 2.45) is 0 Å². The van der Waals surface area contributed by atoms with Crippen LogP contribution in [0.5, 0.6) is 0 Å². The Morgan fingerprint density at radius 3 is 2.64 bits per heavy atom. The van der Waals surface area contributed by atoms with Crippen LogP contribution in [0.4, 0.5) is 0 Å². The molecule has 1 aromatic carbocycles. The van der Waals surface area contributed by atoms with Gasteiger partial charge in [-0.3, -0.25) is 0 Å². The van der Waals surface area contributed by atoms with E-state index < -0.39 is 0 Å². The Kier molecular flexibility index (Phi) is 5.69.